The molecular weight excluding hydrogens is 236 g/mol. The summed E-state index contributed by atoms with van der Waals surface area (Å²) in [7, 11) is 0. The molecule has 0 aromatic rings. The summed E-state index contributed by atoms with van der Waals surface area (Å²) < 4.78 is 0. The summed E-state index contributed by atoms with van der Waals surface area (Å²) in [4.78, 5) is 25.3. The average molecular weight is 256 g/mol. The van der Waals surface area contributed by atoms with Crippen LogP contribution < -0.4 is 5.32 Å². The van der Waals surface area contributed by atoms with E-state index >= 15 is 0 Å². The molecular formula is C12H20N2O2S. The van der Waals surface area contributed by atoms with E-state index in [0.717, 1.165) is 25.0 Å². The van der Waals surface area contributed by atoms with E-state index < -0.39 is 0 Å². The van der Waals surface area contributed by atoms with Crippen LogP contribution in [0, 0.1) is 0 Å². The smallest absolute Gasteiger partial charge is 0.247 e. The maximum absolute atomic E-state index is 12.0. The Kier molecular flexibility index (Phi) is 4.09. The highest BCUT2D eigenvalue weighted by Gasteiger charge is 2.46. The van der Waals surface area contributed by atoms with Crippen molar-refractivity contribution in [3.63, 3.8) is 0 Å². The summed E-state index contributed by atoms with van der Waals surface area (Å²) in [5.74, 6) is 1.08. The molecule has 0 spiro atoms. The van der Waals surface area contributed by atoms with Crippen LogP contribution in [0.5, 0.6) is 0 Å². The third-order valence-electron chi connectivity index (χ3n) is 3.34. The minimum atomic E-state index is -0.278. The average Bonchev–Trinajstić information content (AvgIpc) is 3.06. The molecule has 2 amide bonds. The van der Waals surface area contributed by atoms with Gasteiger partial charge < -0.3 is 5.32 Å². The molecule has 1 aliphatic heterocycles. The largest absolute Gasteiger partial charge is 0.303 e. The lowest BCUT2D eigenvalue weighted by molar-refractivity contribution is -0.139. The van der Waals surface area contributed by atoms with Gasteiger partial charge in [0.2, 0.25) is 11.8 Å². The zero-order valence-corrected chi connectivity index (χ0v) is 11.3. The molecule has 0 bridgehead atoms. The Bertz CT molecular complexity index is 318. The molecule has 2 fully saturated rings. The highest BCUT2D eigenvalue weighted by molar-refractivity contribution is 7.98. The van der Waals surface area contributed by atoms with Gasteiger partial charge in [0.15, 0.2) is 0 Å². The zero-order valence-electron chi connectivity index (χ0n) is 10.4. The summed E-state index contributed by atoms with van der Waals surface area (Å²) in [6.07, 6.45) is 5.44. The van der Waals surface area contributed by atoms with E-state index in [1.54, 1.807) is 11.8 Å². The summed E-state index contributed by atoms with van der Waals surface area (Å²) in [6.45, 7) is 2.08. The normalized spacial score (nSPS) is 26.7. The number of carbonyl (C=O) groups excluding carboxylic acids is 2. The van der Waals surface area contributed by atoms with E-state index in [9.17, 15) is 9.59 Å². The van der Waals surface area contributed by atoms with E-state index in [1.165, 1.54) is 4.90 Å². The van der Waals surface area contributed by atoms with Gasteiger partial charge in [-0.3, -0.25) is 14.5 Å². The first-order valence-corrected chi connectivity index (χ1v) is 7.63. The molecule has 2 atom stereocenters. The quantitative estimate of drug-likeness (QED) is 0.721. The van der Waals surface area contributed by atoms with Crippen molar-refractivity contribution < 1.29 is 9.59 Å². The van der Waals surface area contributed by atoms with Crippen LogP contribution in [0.1, 0.15) is 32.6 Å². The van der Waals surface area contributed by atoms with Crippen LogP contribution in [-0.4, -0.2) is 46.8 Å². The first-order chi connectivity index (χ1) is 8.13. The molecule has 1 saturated carbocycles. The monoisotopic (exact) mass is 256 g/mol. The van der Waals surface area contributed by atoms with Crippen LogP contribution >= 0.6 is 11.8 Å². The number of imide groups is 1. The first-order valence-electron chi connectivity index (χ1n) is 6.24. The predicted molar refractivity (Wildman–Crippen MR) is 68.9 cm³/mol. The van der Waals surface area contributed by atoms with Crippen LogP contribution in [0.3, 0.4) is 0 Å². The number of nitrogens with one attached hydrogen (secondary N) is 1. The van der Waals surface area contributed by atoms with E-state index in [-0.39, 0.29) is 23.9 Å². The highest BCUT2D eigenvalue weighted by Crippen LogP contribution is 2.31. The standard InChI is InChI=1S/C12H20N2O2S/c1-8(5-6-17-2)13-10-7-11(15)14(12(10)16)9-3-4-9/h8-10,13H,3-7H2,1-2H3. The Morgan fingerprint density at radius 1 is 1.47 bits per heavy atom. The summed E-state index contributed by atoms with van der Waals surface area (Å²) in [5.41, 5.74) is 0. The molecule has 1 saturated heterocycles. The molecule has 17 heavy (non-hydrogen) atoms. The number of hydrogen-bond donors (Lipinski definition) is 1. The van der Waals surface area contributed by atoms with Crippen molar-refractivity contribution in [3.8, 4) is 0 Å². The van der Waals surface area contributed by atoms with E-state index in [1.807, 2.05) is 0 Å². The topological polar surface area (TPSA) is 49.4 Å². The lowest BCUT2D eigenvalue weighted by atomic mass is 10.2. The van der Waals surface area contributed by atoms with Crippen molar-refractivity contribution in [3.05, 3.63) is 0 Å². The van der Waals surface area contributed by atoms with Crippen LogP contribution in [0.25, 0.3) is 0 Å². The Labute approximate surface area is 106 Å². The van der Waals surface area contributed by atoms with Crippen molar-refractivity contribution in [1.82, 2.24) is 10.2 Å². The van der Waals surface area contributed by atoms with Gasteiger partial charge in [-0.25, -0.2) is 0 Å². The van der Waals surface area contributed by atoms with Gasteiger partial charge in [0.25, 0.3) is 0 Å². The van der Waals surface area contributed by atoms with Crippen LogP contribution in [-0.2, 0) is 9.59 Å². The van der Waals surface area contributed by atoms with Gasteiger partial charge >= 0.3 is 0 Å². The Balaban J connectivity index is 1.85. The molecule has 5 heteroatoms. The number of likely N-dealkylation sites (tertiary alicyclic amines) is 1. The predicted octanol–water partition coefficient (Wildman–Crippen LogP) is 1.01. The molecule has 1 aliphatic carbocycles. The number of rotatable bonds is 6. The molecule has 1 heterocycles. The van der Waals surface area contributed by atoms with E-state index in [2.05, 4.69) is 18.5 Å². The summed E-state index contributed by atoms with van der Waals surface area (Å²) in [6, 6.07) is 0.228. The van der Waals surface area contributed by atoms with Gasteiger partial charge in [-0.05, 0) is 38.2 Å². The number of nitrogens with zero attached hydrogens (tertiary/aromatic N) is 1. The third kappa shape index (κ3) is 3.01. The van der Waals surface area contributed by atoms with Crippen molar-refractivity contribution in [1.29, 1.82) is 0 Å². The molecule has 4 nitrogen and oxygen atoms in total. The van der Waals surface area contributed by atoms with Crippen molar-refractivity contribution in [2.45, 2.75) is 50.7 Å². The second-order valence-corrected chi connectivity index (χ2v) is 5.92. The molecule has 96 valence electrons. The van der Waals surface area contributed by atoms with Gasteiger partial charge in [-0.2, -0.15) is 11.8 Å². The number of carbonyl (C=O) groups is 2. The first kappa shape index (κ1) is 12.9. The maximum Gasteiger partial charge on any atom is 0.247 e. The molecule has 0 aromatic heterocycles. The minimum absolute atomic E-state index is 0.00602. The highest BCUT2D eigenvalue weighted by atomic mass is 32.2. The van der Waals surface area contributed by atoms with Crippen molar-refractivity contribution in [2.75, 3.05) is 12.0 Å². The second kappa shape index (κ2) is 5.40. The fraction of sp³-hybridized carbons (Fsp3) is 0.833. The molecule has 0 radical (unpaired) electrons. The number of hydrogen-bond acceptors (Lipinski definition) is 4. The summed E-state index contributed by atoms with van der Waals surface area (Å²) in [5, 5.41) is 3.28. The van der Waals surface area contributed by atoms with Gasteiger partial charge in [0.05, 0.1) is 12.5 Å². The molecule has 2 aliphatic rings. The Morgan fingerprint density at radius 2 is 2.18 bits per heavy atom. The lowest BCUT2D eigenvalue weighted by Gasteiger charge is -2.18. The molecule has 2 unspecified atom stereocenters. The SMILES string of the molecule is CSCCC(C)NC1CC(=O)N(C2CC2)C1=O. The Hall–Kier alpha value is -0.550. The fourth-order valence-electron chi connectivity index (χ4n) is 2.22. The third-order valence-corrected chi connectivity index (χ3v) is 3.98. The molecule has 2 rings (SSSR count). The second-order valence-electron chi connectivity index (χ2n) is 4.94. The molecule has 1 N–H and O–H groups in total. The molecule has 0 aromatic carbocycles. The summed E-state index contributed by atoms with van der Waals surface area (Å²) >= 11 is 1.80. The Morgan fingerprint density at radius 3 is 2.76 bits per heavy atom. The van der Waals surface area contributed by atoms with E-state index in [4.69, 9.17) is 0 Å². The van der Waals surface area contributed by atoms with Crippen LogP contribution in [0.4, 0.5) is 0 Å². The van der Waals surface area contributed by atoms with Gasteiger partial charge in [-0.1, -0.05) is 0 Å². The maximum atomic E-state index is 12.0. The lowest BCUT2D eigenvalue weighted by Crippen LogP contribution is -2.43. The van der Waals surface area contributed by atoms with Crippen molar-refractivity contribution in [2.24, 2.45) is 0 Å². The zero-order chi connectivity index (χ0) is 12.4. The van der Waals surface area contributed by atoms with Gasteiger partial charge in [0, 0.05) is 12.1 Å². The number of thioether (sulfide) groups is 1. The fourth-order valence-corrected chi connectivity index (χ4v) is 2.81. The van der Waals surface area contributed by atoms with Gasteiger partial charge in [-0.15, -0.1) is 0 Å². The van der Waals surface area contributed by atoms with Gasteiger partial charge in [0.1, 0.15) is 0 Å². The van der Waals surface area contributed by atoms with Crippen LogP contribution in [0.2, 0.25) is 0 Å². The van der Waals surface area contributed by atoms with E-state index in [0.29, 0.717) is 12.5 Å². The number of amides is 2. The minimum Gasteiger partial charge on any atom is -0.303 e. The van der Waals surface area contributed by atoms with Crippen LogP contribution in [0.15, 0.2) is 0 Å². The van der Waals surface area contributed by atoms with Crippen molar-refractivity contribution >= 4 is 23.6 Å².